The lowest BCUT2D eigenvalue weighted by Crippen LogP contribution is -2.36. The van der Waals surface area contributed by atoms with Crippen LogP contribution in [0.4, 0.5) is 5.69 Å². The minimum Gasteiger partial charge on any atom is -0.311 e. The third kappa shape index (κ3) is 1.98. The fraction of sp³-hybridized carbons (Fsp3) is 0.364. The van der Waals surface area contributed by atoms with Gasteiger partial charge in [0.05, 0.1) is 6.04 Å². The van der Waals surface area contributed by atoms with Crippen molar-refractivity contribution >= 4 is 23.2 Å². The number of likely N-dealkylation sites (N-methyl/N-ethyl adjacent to an activating group) is 1. The number of carbonyl (C=O) groups excluding carboxylic acids is 1. The first-order valence-electron chi connectivity index (χ1n) is 4.96. The quantitative estimate of drug-likeness (QED) is 0.829. The zero-order valence-electron chi connectivity index (χ0n) is 8.53. The highest BCUT2D eigenvalue weighted by Crippen LogP contribution is 2.24. The van der Waals surface area contributed by atoms with Gasteiger partial charge >= 0.3 is 0 Å². The zero-order chi connectivity index (χ0) is 10.8. The molecular formula is C11H13ClN2O. The number of benzene rings is 1. The molecule has 1 atom stereocenters. The van der Waals surface area contributed by atoms with Gasteiger partial charge in [-0.1, -0.05) is 17.7 Å². The third-order valence-corrected chi connectivity index (χ3v) is 2.91. The standard InChI is InChI=1S/C11H13ClN2O/c1-13-10-5-6-14(11(10)15)9-4-2-3-8(12)7-9/h2-4,7,10,13H,5-6H2,1H3/t10-/m0/s1. The molecule has 2 rings (SSSR count). The van der Waals surface area contributed by atoms with E-state index in [1.54, 1.807) is 11.0 Å². The Bertz CT molecular complexity index is 381. The maximum absolute atomic E-state index is 11.9. The molecule has 0 spiro atoms. The van der Waals surface area contributed by atoms with E-state index in [-0.39, 0.29) is 11.9 Å². The van der Waals surface area contributed by atoms with Gasteiger partial charge in [-0.15, -0.1) is 0 Å². The van der Waals surface area contributed by atoms with E-state index in [0.29, 0.717) is 5.02 Å². The van der Waals surface area contributed by atoms with E-state index in [2.05, 4.69) is 5.32 Å². The summed E-state index contributed by atoms with van der Waals surface area (Å²) in [6, 6.07) is 7.34. The van der Waals surface area contributed by atoms with Gasteiger partial charge in [-0.2, -0.15) is 0 Å². The second-order valence-corrected chi connectivity index (χ2v) is 4.04. The van der Waals surface area contributed by atoms with Crippen LogP contribution in [-0.2, 0) is 4.79 Å². The van der Waals surface area contributed by atoms with Crippen molar-refractivity contribution < 1.29 is 4.79 Å². The van der Waals surface area contributed by atoms with Crippen LogP contribution in [0, 0.1) is 0 Å². The summed E-state index contributed by atoms with van der Waals surface area (Å²) in [6.07, 6.45) is 0.849. The Morgan fingerprint density at radius 2 is 2.33 bits per heavy atom. The van der Waals surface area contributed by atoms with E-state index in [1.807, 2.05) is 25.2 Å². The van der Waals surface area contributed by atoms with Gasteiger partial charge in [0.2, 0.25) is 5.91 Å². The van der Waals surface area contributed by atoms with E-state index in [9.17, 15) is 4.79 Å². The first-order valence-corrected chi connectivity index (χ1v) is 5.34. The molecule has 0 saturated carbocycles. The number of nitrogens with one attached hydrogen (secondary N) is 1. The molecule has 1 aliphatic rings. The highest BCUT2D eigenvalue weighted by atomic mass is 35.5. The minimum absolute atomic E-state index is 0.0519. The average molecular weight is 225 g/mol. The SMILES string of the molecule is CN[C@H]1CCN(c2cccc(Cl)c2)C1=O. The molecule has 1 aromatic rings. The molecule has 0 aliphatic carbocycles. The number of carbonyl (C=O) groups is 1. The molecule has 1 aromatic carbocycles. The number of halogens is 1. The Morgan fingerprint density at radius 3 is 2.93 bits per heavy atom. The van der Waals surface area contributed by atoms with Crippen molar-refractivity contribution in [3.63, 3.8) is 0 Å². The zero-order valence-corrected chi connectivity index (χ0v) is 9.29. The molecular weight excluding hydrogens is 212 g/mol. The Morgan fingerprint density at radius 1 is 1.53 bits per heavy atom. The highest BCUT2D eigenvalue weighted by Gasteiger charge is 2.31. The van der Waals surface area contributed by atoms with Gasteiger partial charge in [0, 0.05) is 17.3 Å². The molecule has 4 heteroatoms. The molecule has 1 N–H and O–H groups in total. The van der Waals surface area contributed by atoms with Gasteiger partial charge in [0.15, 0.2) is 0 Å². The van der Waals surface area contributed by atoms with Crippen LogP contribution in [0.3, 0.4) is 0 Å². The van der Waals surface area contributed by atoms with Crippen molar-refractivity contribution in [2.24, 2.45) is 0 Å². The number of rotatable bonds is 2. The van der Waals surface area contributed by atoms with Crippen LogP contribution >= 0.6 is 11.6 Å². The summed E-state index contributed by atoms with van der Waals surface area (Å²) in [5.41, 5.74) is 0.880. The van der Waals surface area contributed by atoms with Gasteiger partial charge in [-0.3, -0.25) is 4.79 Å². The summed E-state index contributed by atoms with van der Waals surface area (Å²) in [5.74, 6) is 0.125. The van der Waals surface area contributed by atoms with E-state index in [4.69, 9.17) is 11.6 Å². The van der Waals surface area contributed by atoms with Crippen LogP contribution in [0.15, 0.2) is 24.3 Å². The number of hydrogen-bond acceptors (Lipinski definition) is 2. The second-order valence-electron chi connectivity index (χ2n) is 3.60. The molecule has 1 saturated heterocycles. The van der Waals surface area contributed by atoms with E-state index in [0.717, 1.165) is 18.7 Å². The van der Waals surface area contributed by atoms with E-state index >= 15 is 0 Å². The highest BCUT2D eigenvalue weighted by molar-refractivity contribution is 6.30. The predicted octanol–water partition coefficient (Wildman–Crippen LogP) is 1.66. The average Bonchev–Trinajstić information content (AvgIpc) is 2.59. The number of amides is 1. The number of anilines is 1. The van der Waals surface area contributed by atoms with E-state index in [1.165, 1.54) is 0 Å². The van der Waals surface area contributed by atoms with Crippen LogP contribution in [0.25, 0.3) is 0 Å². The van der Waals surface area contributed by atoms with Gasteiger partial charge < -0.3 is 10.2 Å². The summed E-state index contributed by atoms with van der Waals surface area (Å²) >= 11 is 5.89. The molecule has 80 valence electrons. The largest absolute Gasteiger partial charge is 0.311 e. The molecule has 0 aromatic heterocycles. The second kappa shape index (κ2) is 4.21. The monoisotopic (exact) mass is 224 g/mol. The van der Waals surface area contributed by atoms with Crippen LogP contribution < -0.4 is 10.2 Å². The fourth-order valence-electron chi connectivity index (χ4n) is 1.85. The molecule has 3 nitrogen and oxygen atoms in total. The van der Waals surface area contributed by atoms with Crippen LogP contribution in [0.5, 0.6) is 0 Å². The molecule has 1 amide bonds. The third-order valence-electron chi connectivity index (χ3n) is 2.67. The summed E-state index contributed by atoms with van der Waals surface area (Å²) in [7, 11) is 1.81. The number of hydrogen-bond donors (Lipinski definition) is 1. The van der Waals surface area contributed by atoms with Gasteiger partial charge in [-0.25, -0.2) is 0 Å². The van der Waals surface area contributed by atoms with Crippen LogP contribution in [0.1, 0.15) is 6.42 Å². The molecule has 0 unspecified atom stereocenters. The van der Waals surface area contributed by atoms with E-state index < -0.39 is 0 Å². The van der Waals surface area contributed by atoms with Crippen molar-refractivity contribution in [2.45, 2.75) is 12.5 Å². The van der Waals surface area contributed by atoms with Gasteiger partial charge in [0.25, 0.3) is 0 Å². The van der Waals surface area contributed by atoms with Crippen molar-refractivity contribution in [3.05, 3.63) is 29.3 Å². The Kier molecular flexibility index (Phi) is 2.93. The lowest BCUT2D eigenvalue weighted by molar-refractivity contribution is -0.118. The van der Waals surface area contributed by atoms with Gasteiger partial charge in [0.1, 0.15) is 0 Å². The van der Waals surface area contributed by atoms with Crippen molar-refractivity contribution in [2.75, 3.05) is 18.5 Å². The van der Waals surface area contributed by atoms with Crippen LogP contribution in [0.2, 0.25) is 5.02 Å². The van der Waals surface area contributed by atoms with Crippen molar-refractivity contribution in [1.29, 1.82) is 0 Å². The summed E-state index contributed by atoms with van der Waals surface area (Å²) in [4.78, 5) is 13.6. The minimum atomic E-state index is -0.0519. The van der Waals surface area contributed by atoms with Gasteiger partial charge in [-0.05, 0) is 31.7 Å². The fourth-order valence-corrected chi connectivity index (χ4v) is 2.03. The van der Waals surface area contributed by atoms with Crippen LogP contribution in [-0.4, -0.2) is 25.5 Å². The summed E-state index contributed by atoms with van der Waals surface area (Å²) in [5, 5.41) is 3.66. The molecule has 0 radical (unpaired) electrons. The summed E-state index contributed by atoms with van der Waals surface area (Å²) < 4.78 is 0. The Labute approximate surface area is 94.0 Å². The Hall–Kier alpha value is -1.06. The molecule has 1 fully saturated rings. The lowest BCUT2D eigenvalue weighted by atomic mass is 10.2. The van der Waals surface area contributed by atoms with Crippen molar-refractivity contribution in [3.8, 4) is 0 Å². The maximum Gasteiger partial charge on any atom is 0.244 e. The molecule has 15 heavy (non-hydrogen) atoms. The summed E-state index contributed by atoms with van der Waals surface area (Å²) in [6.45, 7) is 0.755. The topological polar surface area (TPSA) is 32.3 Å². The number of nitrogens with zero attached hydrogens (tertiary/aromatic N) is 1. The lowest BCUT2D eigenvalue weighted by Gasteiger charge is -2.16. The predicted molar refractivity (Wildman–Crippen MR) is 61.3 cm³/mol. The maximum atomic E-state index is 11.9. The molecule has 0 bridgehead atoms. The first-order chi connectivity index (χ1) is 7.22. The molecule has 1 aliphatic heterocycles. The smallest absolute Gasteiger partial charge is 0.244 e. The Balaban J connectivity index is 2.22. The first kappa shape index (κ1) is 10.5. The normalized spacial score (nSPS) is 21.1. The van der Waals surface area contributed by atoms with Crippen molar-refractivity contribution in [1.82, 2.24) is 5.32 Å². The molecule has 1 heterocycles.